The van der Waals surface area contributed by atoms with Gasteiger partial charge in [-0.25, -0.2) is 0 Å². The first-order valence-electron chi connectivity index (χ1n) is 3.88. The van der Waals surface area contributed by atoms with Gasteiger partial charge < -0.3 is 14.9 Å². The number of fused-ring (bicyclic) bond motifs is 1. The molecule has 0 saturated heterocycles. The Morgan fingerprint density at radius 2 is 2.08 bits per heavy atom. The number of ether oxygens (including phenoxy) is 1. The van der Waals surface area contributed by atoms with Gasteiger partial charge in [0, 0.05) is 6.42 Å². The van der Waals surface area contributed by atoms with Crippen LogP contribution in [0.1, 0.15) is 5.56 Å². The molecule has 0 fully saturated rings. The molecule has 0 amide bonds. The summed E-state index contributed by atoms with van der Waals surface area (Å²) >= 11 is 0. The second-order valence-electron chi connectivity index (χ2n) is 2.88. The van der Waals surface area contributed by atoms with Crippen molar-refractivity contribution in [3.8, 4) is 5.75 Å². The Morgan fingerprint density at radius 3 is 2.75 bits per heavy atom. The van der Waals surface area contributed by atoms with Crippen LogP contribution in [0.4, 0.5) is 0 Å². The van der Waals surface area contributed by atoms with Gasteiger partial charge in [0.2, 0.25) is 0 Å². The minimum Gasteiger partial charge on any atom is -0.484 e. The Morgan fingerprint density at radius 1 is 1.33 bits per heavy atom. The second-order valence-corrected chi connectivity index (χ2v) is 2.88. The lowest BCUT2D eigenvalue weighted by molar-refractivity contribution is -0.105. The molecule has 0 saturated carbocycles. The van der Waals surface area contributed by atoms with E-state index in [1.54, 1.807) is 0 Å². The van der Waals surface area contributed by atoms with Crippen molar-refractivity contribution in [3.63, 3.8) is 0 Å². The van der Waals surface area contributed by atoms with Gasteiger partial charge >= 0.3 is 0 Å². The highest BCUT2D eigenvalue weighted by Gasteiger charge is 2.27. The molecule has 0 bridgehead atoms. The maximum atomic E-state index is 8.85. The van der Waals surface area contributed by atoms with Crippen molar-refractivity contribution < 1.29 is 14.9 Å². The van der Waals surface area contributed by atoms with E-state index in [1.165, 1.54) is 0 Å². The number of hydrogen-bond acceptors (Lipinski definition) is 3. The molecule has 2 rings (SSSR count). The van der Waals surface area contributed by atoms with E-state index >= 15 is 0 Å². The molecule has 1 aromatic rings. The monoisotopic (exact) mass is 166 g/mol. The standard InChI is InChI=1S/C9H10O3/c10-9(11)8-5-6-3-1-2-4-7(6)12-8/h1-4,8-11H,5H2. The van der Waals surface area contributed by atoms with E-state index in [2.05, 4.69) is 0 Å². The van der Waals surface area contributed by atoms with Crippen molar-refractivity contribution in [1.82, 2.24) is 0 Å². The SMILES string of the molecule is OC(O)C1Cc2ccccc2O1. The quantitative estimate of drug-likeness (QED) is 0.590. The predicted molar refractivity (Wildman–Crippen MR) is 42.8 cm³/mol. The van der Waals surface area contributed by atoms with Gasteiger partial charge in [-0.1, -0.05) is 18.2 Å². The fourth-order valence-electron chi connectivity index (χ4n) is 1.38. The molecule has 0 aromatic heterocycles. The zero-order valence-electron chi connectivity index (χ0n) is 6.47. The molecular weight excluding hydrogens is 156 g/mol. The average Bonchev–Trinajstić information content (AvgIpc) is 2.46. The number of para-hydroxylation sites is 1. The molecule has 12 heavy (non-hydrogen) atoms. The topological polar surface area (TPSA) is 49.7 Å². The summed E-state index contributed by atoms with van der Waals surface area (Å²) in [5, 5.41) is 17.7. The predicted octanol–water partition coefficient (Wildman–Crippen LogP) is 0.301. The van der Waals surface area contributed by atoms with Gasteiger partial charge in [-0.15, -0.1) is 0 Å². The first kappa shape index (κ1) is 7.58. The number of aliphatic hydroxyl groups is 2. The summed E-state index contributed by atoms with van der Waals surface area (Å²) < 4.78 is 5.27. The van der Waals surface area contributed by atoms with Crippen LogP contribution in [0.25, 0.3) is 0 Å². The molecule has 0 aliphatic carbocycles. The van der Waals surface area contributed by atoms with Crippen LogP contribution in [0.5, 0.6) is 5.75 Å². The molecule has 2 N–H and O–H groups in total. The van der Waals surface area contributed by atoms with Crippen molar-refractivity contribution in [2.75, 3.05) is 0 Å². The molecule has 1 aromatic carbocycles. The first-order chi connectivity index (χ1) is 5.77. The van der Waals surface area contributed by atoms with Gasteiger partial charge in [-0.05, 0) is 11.6 Å². The smallest absolute Gasteiger partial charge is 0.189 e. The number of rotatable bonds is 1. The molecule has 64 valence electrons. The summed E-state index contributed by atoms with van der Waals surface area (Å²) in [6.07, 6.45) is -1.31. The maximum Gasteiger partial charge on any atom is 0.189 e. The molecule has 1 atom stereocenters. The zero-order chi connectivity index (χ0) is 8.55. The van der Waals surface area contributed by atoms with E-state index < -0.39 is 12.4 Å². The molecular formula is C9H10O3. The Balaban J connectivity index is 2.22. The highest BCUT2D eigenvalue weighted by atomic mass is 16.6. The van der Waals surface area contributed by atoms with Gasteiger partial charge in [0.1, 0.15) is 5.75 Å². The number of benzene rings is 1. The summed E-state index contributed by atoms with van der Waals surface area (Å²) in [6, 6.07) is 7.54. The molecule has 1 aliphatic rings. The van der Waals surface area contributed by atoms with Gasteiger partial charge in [-0.2, -0.15) is 0 Å². The van der Waals surface area contributed by atoms with Crippen LogP contribution in [0.3, 0.4) is 0 Å². The van der Waals surface area contributed by atoms with E-state index in [1.807, 2.05) is 24.3 Å². The van der Waals surface area contributed by atoms with Crippen LogP contribution in [0.2, 0.25) is 0 Å². The molecule has 3 heteroatoms. The third kappa shape index (κ3) is 1.17. The van der Waals surface area contributed by atoms with Gasteiger partial charge in [0.25, 0.3) is 0 Å². The fourth-order valence-corrected chi connectivity index (χ4v) is 1.38. The lowest BCUT2D eigenvalue weighted by Gasteiger charge is -2.11. The van der Waals surface area contributed by atoms with E-state index in [0.717, 1.165) is 11.3 Å². The van der Waals surface area contributed by atoms with E-state index in [-0.39, 0.29) is 0 Å². The van der Waals surface area contributed by atoms with Crippen LogP contribution >= 0.6 is 0 Å². The van der Waals surface area contributed by atoms with Crippen molar-refractivity contribution >= 4 is 0 Å². The first-order valence-corrected chi connectivity index (χ1v) is 3.88. The number of aliphatic hydroxyl groups excluding tert-OH is 1. The lowest BCUT2D eigenvalue weighted by Crippen LogP contribution is -2.29. The maximum absolute atomic E-state index is 8.85. The molecule has 0 spiro atoms. The average molecular weight is 166 g/mol. The van der Waals surface area contributed by atoms with Crippen molar-refractivity contribution in [2.45, 2.75) is 18.8 Å². The normalized spacial score (nSPS) is 20.8. The molecule has 3 nitrogen and oxygen atoms in total. The van der Waals surface area contributed by atoms with Gasteiger partial charge in [0.05, 0.1) is 0 Å². The Hall–Kier alpha value is -1.06. The summed E-state index contributed by atoms with van der Waals surface area (Å²) in [7, 11) is 0. The van der Waals surface area contributed by atoms with Crippen molar-refractivity contribution in [1.29, 1.82) is 0 Å². The van der Waals surface area contributed by atoms with Crippen LogP contribution in [-0.2, 0) is 6.42 Å². The molecule has 1 aliphatic heterocycles. The van der Waals surface area contributed by atoms with Crippen LogP contribution in [0, 0.1) is 0 Å². The van der Waals surface area contributed by atoms with E-state index in [0.29, 0.717) is 6.42 Å². The minimum atomic E-state index is -1.39. The van der Waals surface area contributed by atoms with E-state index in [9.17, 15) is 0 Å². The Kier molecular flexibility index (Phi) is 1.75. The van der Waals surface area contributed by atoms with Crippen molar-refractivity contribution in [2.24, 2.45) is 0 Å². The highest BCUT2D eigenvalue weighted by molar-refractivity contribution is 5.37. The van der Waals surface area contributed by atoms with Crippen LogP contribution < -0.4 is 4.74 Å². The van der Waals surface area contributed by atoms with E-state index in [4.69, 9.17) is 14.9 Å². The van der Waals surface area contributed by atoms with Crippen LogP contribution in [0.15, 0.2) is 24.3 Å². The summed E-state index contributed by atoms with van der Waals surface area (Å²) in [4.78, 5) is 0. The summed E-state index contributed by atoms with van der Waals surface area (Å²) in [6.45, 7) is 0. The fraction of sp³-hybridized carbons (Fsp3) is 0.333. The third-order valence-electron chi connectivity index (χ3n) is 2.00. The minimum absolute atomic E-state index is 0.498. The Labute approximate surface area is 70.2 Å². The highest BCUT2D eigenvalue weighted by Crippen LogP contribution is 2.28. The Bertz CT molecular complexity index is 258. The number of hydrogen-bond donors (Lipinski definition) is 2. The third-order valence-corrected chi connectivity index (χ3v) is 2.00. The largest absolute Gasteiger partial charge is 0.484 e. The lowest BCUT2D eigenvalue weighted by atomic mass is 10.1. The van der Waals surface area contributed by atoms with Gasteiger partial charge in [0.15, 0.2) is 12.4 Å². The molecule has 1 heterocycles. The van der Waals surface area contributed by atoms with Crippen LogP contribution in [-0.4, -0.2) is 22.6 Å². The second kappa shape index (κ2) is 2.77. The van der Waals surface area contributed by atoms with Crippen molar-refractivity contribution in [3.05, 3.63) is 29.8 Å². The summed E-state index contributed by atoms with van der Waals surface area (Å²) in [5.74, 6) is 0.760. The zero-order valence-corrected chi connectivity index (χ0v) is 6.47. The molecule has 1 unspecified atom stereocenters. The van der Waals surface area contributed by atoms with Gasteiger partial charge in [-0.3, -0.25) is 0 Å². The molecule has 0 radical (unpaired) electrons. The summed E-state index contributed by atoms with van der Waals surface area (Å²) in [5.41, 5.74) is 1.04.